The summed E-state index contributed by atoms with van der Waals surface area (Å²) < 4.78 is 5.44. The highest BCUT2D eigenvalue weighted by Gasteiger charge is 2.18. The second kappa shape index (κ2) is 8.28. The number of phenols is 1. The van der Waals surface area contributed by atoms with Crippen molar-refractivity contribution < 1.29 is 9.84 Å². The number of aromatic hydroxyl groups is 1. The van der Waals surface area contributed by atoms with Crippen LogP contribution in [-0.2, 0) is 6.54 Å². The van der Waals surface area contributed by atoms with Crippen LogP contribution in [0.1, 0.15) is 57.9 Å². The minimum absolute atomic E-state index is 0.220. The molecule has 2 rings (SSSR count). The third-order valence-corrected chi connectivity index (χ3v) is 4.56. The van der Waals surface area contributed by atoms with Gasteiger partial charge in [0, 0.05) is 12.6 Å². The molecule has 1 atom stereocenters. The molecular weight excluding hydrogens is 262 g/mol. The zero-order valence-electron chi connectivity index (χ0n) is 13.4. The maximum atomic E-state index is 9.73. The fraction of sp³-hybridized carbons (Fsp3) is 0.667. The Labute approximate surface area is 128 Å². The first kappa shape index (κ1) is 16.2. The van der Waals surface area contributed by atoms with Gasteiger partial charge in [-0.3, -0.25) is 0 Å². The van der Waals surface area contributed by atoms with Crippen LogP contribution in [0.4, 0.5) is 0 Å². The molecule has 1 aliphatic rings. The van der Waals surface area contributed by atoms with E-state index in [0.717, 1.165) is 18.0 Å². The zero-order chi connectivity index (χ0) is 15.1. The Bertz CT molecular complexity index is 425. The average molecular weight is 291 g/mol. The lowest BCUT2D eigenvalue weighted by atomic mass is 9.93. The smallest absolute Gasteiger partial charge is 0.161 e. The van der Waals surface area contributed by atoms with Gasteiger partial charge >= 0.3 is 0 Å². The van der Waals surface area contributed by atoms with Crippen LogP contribution in [0.15, 0.2) is 18.2 Å². The van der Waals surface area contributed by atoms with Gasteiger partial charge in [-0.05, 0) is 50.3 Å². The molecule has 0 unspecified atom stereocenters. The molecular formula is C18H29NO2. The van der Waals surface area contributed by atoms with E-state index in [1.165, 1.54) is 38.5 Å². The summed E-state index contributed by atoms with van der Waals surface area (Å²) in [6, 6.07) is 6.17. The molecule has 2 N–H and O–H groups in total. The van der Waals surface area contributed by atoms with Crippen molar-refractivity contribution in [1.29, 1.82) is 0 Å². The van der Waals surface area contributed by atoms with Crippen molar-refractivity contribution >= 4 is 0 Å². The summed E-state index contributed by atoms with van der Waals surface area (Å²) in [7, 11) is 0. The standard InChI is InChI=1S/C18H29NO2/c1-3-21-18-12-15(10-11-17(18)20)13-19-14(2)16-8-6-4-5-7-9-16/h10-12,14,16,19-20H,3-9,13H2,1-2H3/t14-/m0/s1. The van der Waals surface area contributed by atoms with E-state index in [0.29, 0.717) is 18.4 Å². The summed E-state index contributed by atoms with van der Waals surface area (Å²) in [5.41, 5.74) is 1.16. The van der Waals surface area contributed by atoms with Gasteiger partial charge in [-0.2, -0.15) is 0 Å². The minimum Gasteiger partial charge on any atom is -0.504 e. The van der Waals surface area contributed by atoms with E-state index in [1.54, 1.807) is 6.07 Å². The van der Waals surface area contributed by atoms with E-state index >= 15 is 0 Å². The molecule has 0 spiro atoms. The lowest BCUT2D eigenvalue weighted by Crippen LogP contribution is -2.32. The van der Waals surface area contributed by atoms with Crippen LogP contribution in [0.25, 0.3) is 0 Å². The predicted octanol–water partition coefficient (Wildman–Crippen LogP) is 4.24. The van der Waals surface area contributed by atoms with Crippen LogP contribution in [0.5, 0.6) is 11.5 Å². The molecule has 3 heteroatoms. The second-order valence-corrected chi connectivity index (χ2v) is 6.16. The Morgan fingerprint density at radius 1 is 1.24 bits per heavy atom. The van der Waals surface area contributed by atoms with Crippen LogP contribution in [0.3, 0.4) is 0 Å². The third kappa shape index (κ3) is 4.92. The molecule has 21 heavy (non-hydrogen) atoms. The van der Waals surface area contributed by atoms with Crippen LogP contribution in [0.2, 0.25) is 0 Å². The molecule has 3 nitrogen and oxygen atoms in total. The van der Waals surface area contributed by atoms with Crippen molar-refractivity contribution in [1.82, 2.24) is 5.32 Å². The molecule has 118 valence electrons. The lowest BCUT2D eigenvalue weighted by Gasteiger charge is -2.24. The van der Waals surface area contributed by atoms with Gasteiger partial charge < -0.3 is 15.2 Å². The maximum absolute atomic E-state index is 9.73. The van der Waals surface area contributed by atoms with E-state index in [-0.39, 0.29) is 5.75 Å². The Morgan fingerprint density at radius 2 is 1.95 bits per heavy atom. The second-order valence-electron chi connectivity index (χ2n) is 6.16. The van der Waals surface area contributed by atoms with E-state index in [2.05, 4.69) is 12.2 Å². The van der Waals surface area contributed by atoms with Gasteiger partial charge in [0.25, 0.3) is 0 Å². The highest BCUT2D eigenvalue weighted by molar-refractivity contribution is 5.41. The number of phenolic OH excluding ortho intramolecular Hbond substituents is 1. The highest BCUT2D eigenvalue weighted by Crippen LogP contribution is 2.28. The van der Waals surface area contributed by atoms with Crippen LogP contribution in [0, 0.1) is 5.92 Å². The third-order valence-electron chi connectivity index (χ3n) is 4.56. The summed E-state index contributed by atoms with van der Waals surface area (Å²) in [6.45, 7) is 5.64. The molecule has 0 amide bonds. The Morgan fingerprint density at radius 3 is 2.62 bits per heavy atom. The Hall–Kier alpha value is -1.22. The van der Waals surface area contributed by atoms with Gasteiger partial charge in [0.05, 0.1) is 6.61 Å². The first-order valence-electron chi connectivity index (χ1n) is 8.38. The number of ether oxygens (including phenoxy) is 1. The average Bonchev–Trinajstić information content (AvgIpc) is 2.77. The highest BCUT2D eigenvalue weighted by atomic mass is 16.5. The van der Waals surface area contributed by atoms with Crippen LogP contribution in [-0.4, -0.2) is 17.8 Å². The van der Waals surface area contributed by atoms with Crippen molar-refractivity contribution in [3.8, 4) is 11.5 Å². The van der Waals surface area contributed by atoms with Crippen molar-refractivity contribution in [2.45, 2.75) is 65.0 Å². The van der Waals surface area contributed by atoms with Gasteiger partial charge in [-0.15, -0.1) is 0 Å². The van der Waals surface area contributed by atoms with Crippen molar-refractivity contribution in [3.63, 3.8) is 0 Å². The van der Waals surface area contributed by atoms with E-state index in [1.807, 2.05) is 19.1 Å². The van der Waals surface area contributed by atoms with Crippen LogP contribution < -0.4 is 10.1 Å². The fourth-order valence-electron chi connectivity index (χ4n) is 3.20. The molecule has 1 aromatic carbocycles. The van der Waals surface area contributed by atoms with Gasteiger partial charge in [0.2, 0.25) is 0 Å². The minimum atomic E-state index is 0.220. The molecule has 0 heterocycles. The molecule has 0 saturated heterocycles. The number of hydrogen-bond acceptors (Lipinski definition) is 3. The summed E-state index contributed by atoms with van der Waals surface area (Å²) in [4.78, 5) is 0. The topological polar surface area (TPSA) is 41.5 Å². The van der Waals surface area contributed by atoms with Crippen molar-refractivity contribution in [2.24, 2.45) is 5.92 Å². The molecule has 0 aliphatic heterocycles. The predicted molar refractivity (Wildman–Crippen MR) is 86.8 cm³/mol. The van der Waals surface area contributed by atoms with Crippen molar-refractivity contribution in [3.05, 3.63) is 23.8 Å². The molecule has 1 aromatic rings. The van der Waals surface area contributed by atoms with E-state index < -0.39 is 0 Å². The van der Waals surface area contributed by atoms with Gasteiger partial charge in [-0.1, -0.05) is 31.7 Å². The van der Waals surface area contributed by atoms with E-state index in [4.69, 9.17) is 4.74 Å². The Kier molecular flexibility index (Phi) is 6.37. The zero-order valence-corrected chi connectivity index (χ0v) is 13.4. The molecule has 1 fully saturated rings. The van der Waals surface area contributed by atoms with E-state index in [9.17, 15) is 5.11 Å². The van der Waals surface area contributed by atoms with Gasteiger partial charge in [0.1, 0.15) is 0 Å². The molecule has 0 radical (unpaired) electrons. The summed E-state index contributed by atoms with van der Waals surface area (Å²) >= 11 is 0. The normalized spacial score (nSPS) is 18.2. The number of benzene rings is 1. The summed E-state index contributed by atoms with van der Waals surface area (Å²) in [5, 5.41) is 13.4. The first-order valence-corrected chi connectivity index (χ1v) is 8.38. The number of nitrogens with one attached hydrogen (secondary N) is 1. The SMILES string of the molecule is CCOc1cc(CN[C@@H](C)C2CCCCCC2)ccc1O. The van der Waals surface area contributed by atoms with Crippen LogP contribution >= 0.6 is 0 Å². The van der Waals surface area contributed by atoms with Gasteiger partial charge in [0.15, 0.2) is 11.5 Å². The number of rotatable bonds is 6. The lowest BCUT2D eigenvalue weighted by molar-refractivity contribution is 0.316. The number of hydrogen-bond donors (Lipinski definition) is 2. The van der Waals surface area contributed by atoms with Crippen molar-refractivity contribution in [2.75, 3.05) is 6.61 Å². The first-order chi connectivity index (χ1) is 10.2. The Balaban J connectivity index is 1.88. The molecule has 0 bridgehead atoms. The molecule has 1 aliphatic carbocycles. The quantitative estimate of drug-likeness (QED) is 0.770. The summed E-state index contributed by atoms with van der Waals surface area (Å²) in [6.07, 6.45) is 8.27. The molecule has 0 aromatic heterocycles. The molecule has 1 saturated carbocycles. The fourth-order valence-corrected chi connectivity index (χ4v) is 3.20. The summed E-state index contributed by atoms with van der Waals surface area (Å²) in [5.74, 6) is 1.60. The maximum Gasteiger partial charge on any atom is 0.161 e. The largest absolute Gasteiger partial charge is 0.504 e. The van der Waals surface area contributed by atoms with Gasteiger partial charge in [-0.25, -0.2) is 0 Å². The monoisotopic (exact) mass is 291 g/mol.